The number of nitrogens with one attached hydrogen (secondary N) is 3. The second-order valence-electron chi connectivity index (χ2n) is 8.12. The summed E-state index contributed by atoms with van der Waals surface area (Å²) < 4.78 is 0. The molecule has 11 nitrogen and oxygen atoms in total. The van der Waals surface area contributed by atoms with Crippen LogP contribution in [0.5, 0.6) is 0 Å². The summed E-state index contributed by atoms with van der Waals surface area (Å²) in [6.45, 7) is 3.65. The van der Waals surface area contributed by atoms with Crippen molar-refractivity contribution < 1.29 is 19.2 Å². The highest BCUT2D eigenvalue weighted by molar-refractivity contribution is 6.24. The van der Waals surface area contributed by atoms with E-state index in [-0.39, 0.29) is 30.5 Å². The van der Waals surface area contributed by atoms with Gasteiger partial charge in [0.1, 0.15) is 11.9 Å². The Labute approximate surface area is 189 Å². The van der Waals surface area contributed by atoms with Crippen LogP contribution in [0.2, 0.25) is 0 Å². The summed E-state index contributed by atoms with van der Waals surface area (Å²) in [7, 11) is 0. The Hall–Kier alpha value is -3.86. The molecule has 0 bridgehead atoms. The van der Waals surface area contributed by atoms with Crippen LogP contribution in [0.15, 0.2) is 30.5 Å². The molecular formula is C22H23N7O4. The normalized spacial score (nSPS) is 20.7. The molecule has 3 aliphatic rings. The highest BCUT2D eigenvalue weighted by atomic mass is 16.2. The number of fused-ring (bicyclic) bond motifs is 1. The monoisotopic (exact) mass is 449 g/mol. The molecule has 33 heavy (non-hydrogen) atoms. The minimum atomic E-state index is -0.987. The lowest BCUT2D eigenvalue weighted by Crippen LogP contribution is -2.54. The van der Waals surface area contributed by atoms with Gasteiger partial charge in [-0.2, -0.15) is 4.98 Å². The van der Waals surface area contributed by atoms with Crippen LogP contribution in [0.4, 0.5) is 11.8 Å². The Morgan fingerprint density at radius 3 is 2.67 bits per heavy atom. The first-order valence-electron chi connectivity index (χ1n) is 10.9. The van der Waals surface area contributed by atoms with E-state index in [1.807, 2.05) is 0 Å². The van der Waals surface area contributed by atoms with E-state index in [0.29, 0.717) is 17.3 Å². The fraction of sp³-hybridized carbons (Fsp3) is 0.364. The van der Waals surface area contributed by atoms with Crippen molar-refractivity contribution in [3.8, 4) is 0 Å². The van der Waals surface area contributed by atoms with Crippen LogP contribution in [0, 0.1) is 0 Å². The van der Waals surface area contributed by atoms with Gasteiger partial charge in [0.15, 0.2) is 0 Å². The molecule has 2 fully saturated rings. The summed E-state index contributed by atoms with van der Waals surface area (Å²) in [4.78, 5) is 61.9. The lowest BCUT2D eigenvalue weighted by molar-refractivity contribution is -0.136. The first-order chi connectivity index (χ1) is 16.0. The van der Waals surface area contributed by atoms with Crippen molar-refractivity contribution in [2.24, 2.45) is 0 Å². The van der Waals surface area contributed by atoms with Gasteiger partial charge in [0.2, 0.25) is 17.8 Å². The van der Waals surface area contributed by atoms with Crippen LogP contribution in [-0.2, 0) is 16.1 Å². The van der Waals surface area contributed by atoms with Crippen molar-refractivity contribution in [1.29, 1.82) is 0 Å². The topological polar surface area (TPSA) is 137 Å². The maximum atomic E-state index is 13.2. The van der Waals surface area contributed by atoms with E-state index in [4.69, 9.17) is 0 Å². The second-order valence-corrected chi connectivity index (χ2v) is 8.12. The van der Waals surface area contributed by atoms with Gasteiger partial charge in [-0.05, 0) is 24.1 Å². The number of amides is 4. The number of hydrogen-bond acceptors (Lipinski definition) is 9. The van der Waals surface area contributed by atoms with Gasteiger partial charge in [-0.25, -0.2) is 4.98 Å². The molecule has 0 aliphatic carbocycles. The SMILES string of the molecule is O=C1CCC(N2C(=O)c3cccc(CNc4ccnc(N5CCNCC5)n4)c3C2=O)C(=O)N1. The summed E-state index contributed by atoms with van der Waals surface area (Å²) in [6.07, 6.45) is 1.89. The smallest absolute Gasteiger partial charge is 0.262 e. The van der Waals surface area contributed by atoms with Crippen molar-refractivity contribution in [1.82, 2.24) is 25.5 Å². The van der Waals surface area contributed by atoms with Crippen LogP contribution in [0.3, 0.4) is 0 Å². The maximum Gasteiger partial charge on any atom is 0.262 e. The predicted octanol–water partition coefficient (Wildman–Crippen LogP) is -0.100. The van der Waals surface area contributed by atoms with Crippen LogP contribution < -0.4 is 20.9 Å². The minimum absolute atomic E-state index is 0.0847. The highest BCUT2D eigenvalue weighted by Crippen LogP contribution is 2.30. The number of aromatic nitrogens is 2. The van der Waals surface area contributed by atoms with Crippen LogP contribution in [0.25, 0.3) is 0 Å². The van der Waals surface area contributed by atoms with Crippen molar-refractivity contribution >= 4 is 35.4 Å². The zero-order valence-corrected chi connectivity index (χ0v) is 17.8. The number of carbonyl (C=O) groups excluding carboxylic acids is 4. The number of piperidine rings is 1. The van der Waals surface area contributed by atoms with Gasteiger partial charge in [-0.15, -0.1) is 0 Å². The van der Waals surface area contributed by atoms with E-state index in [2.05, 4.69) is 30.8 Å². The number of nitrogens with zero attached hydrogens (tertiary/aromatic N) is 4. The molecule has 3 N–H and O–H groups in total. The number of anilines is 2. The van der Waals surface area contributed by atoms with Gasteiger partial charge in [0.25, 0.3) is 11.8 Å². The molecule has 0 saturated carbocycles. The Bertz CT molecular complexity index is 1150. The maximum absolute atomic E-state index is 13.2. The fourth-order valence-electron chi connectivity index (χ4n) is 4.38. The zero-order valence-electron chi connectivity index (χ0n) is 17.8. The van der Waals surface area contributed by atoms with E-state index >= 15 is 0 Å². The lowest BCUT2D eigenvalue weighted by Gasteiger charge is -2.28. The summed E-state index contributed by atoms with van der Waals surface area (Å²) in [5.74, 6) is -0.824. The summed E-state index contributed by atoms with van der Waals surface area (Å²) in [5, 5.41) is 8.72. The van der Waals surface area contributed by atoms with Gasteiger partial charge in [-0.1, -0.05) is 12.1 Å². The second kappa shape index (κ2) is 8.58. The molecule has 170 valence electrons. The molecule has 1 aromatic carbocycles. The average molecular weight is 449 g/mol. The molecule has 11 heteroatoms. The average Bonchev–Trinajstić information content (AvgIpc) is 3.09. The highest BCUT2D eigenvalue weighted by Gasteiger charge is 2.45. The number of hydrogen-bond donors (Lipinski definition) is 3. The molecule has 1 unspecified atom stereocenters. The van der Waals surface area contributed by atoms with Gasteiger partial charge < -0.3 is 15.5 Å². The van der Waals surface area contributed by atoms with Gasteiger partial charge >= 0.3 is 0 Å². The van der Waals surface area contributed by atoms with Gasteiger partial charge in [0.05, 0.1) is 11.1 Å². The number of piperazine rings is 1. The Morgan fingerprint density at radius 2 is 1.88 bits per heavy atom. The number of imide groups is 2. The van der Waals surface area contributed by atoms with Crippen molar-refractivity contribution in [3.05, 3.63) is 47.2 Å². The molecule has 0 radical (unpaired) electrons. The van der Waals surface area contributed by atoms with Crippen molar-refractivity contribution in [3.63, 3.8) is 0 Å². The van der Waals surface area contributed by atoms with Crippen molar-refractivity contribution in [2.75, 3.05) is 36.4 Å². The first-order valence-corrected chi connectivity index (χ1v) is 10.9. The molecule has 2 saturated heterocycles. The summed E-state index contributed by atoms with van der Waals surface area (Å²) in [6, 6.07) is 5.82. The quantitative estimate of drug-likeness (QED) is 0.535. The van der Waals surface area contributed by atoms with Crippen LogP contribution in [-0.4, -0.2) is 70.7 Å². The summed E-state index contributed by atoms with van der Waals surface area (Å²) >= 11 is 0. The molecular weight excluding hydrogens is 426 g/mol. The molecule has 2 aromatic rings. The number of rotatable bonds is 5. The van der Waals surface area contributed by atoms with Gasteiger partial charge in [0, 0.05) is 45.3 Å². The molecule has 1 aromatic heterocycles. The largest absolute Gasteiger partial charge is 0.366 e. The minimum Gasteiger partial charge on any atom is -0.366 e. The van der Waals surface area contributed by atoms with Crippen molar-refractivity contribution in [2.45, 2.75) is 25.4 Å². The van der Waals surface area contributed by atoms with Crippen LogP contribution in [0.1, 0.15) is 39.1 Å². The van der Waals surface area contributed by atoms with E-state index < -0.39 is 29.7 Å². The van der Waals surface area contributed by atoms with E-state index in [1.54, 1.807) is 30.5 Å². The Balaban J connectivity index is 1.35. The number of carbonyl (C=O) groups is 4. The molecule has 5 rings (SSSR count). The summed E-state index contributed by atoms with van der Waals surface area (Å²) in [5.41, 5.74) is 1.16. The van der Waals surface area contributed by atoms with E-state index in [9.17, 15) is 19.2 Å². The zero-order chi connectivity index (χ0) is 22.9. The molecule has 1 atom stereocenters. The molecule has 4 amide bonds. The van der Waals surface area contributed by atoms with E-state index in [1.165, 1.54) is 0 Å². The first kappa shape index (κ1) is 21.0. The number of benzene rings is 1. The predicted molar refractivity (Wildman–Crippen MR) is 118 cm³/mol. The third-order valence-electron chi connectivity index (χ3n) is 6.06. The molecule has 0 spiro atoms. The Morgan fingerprint density at radius 1 is 1.06 bits per heavy atom. The standard InChI is InChI=1S/C22H23N7O4/c30-17-5-4-15(19(31)27-17)29-20(32)14-3-1-2-13(18(14)21(29)33)12-25-16-6-7-24-22(26-16)28-10-8-23-9-11-28/h1-3,6-7,15,23H,4-5,8-12H2,(H,24,25,26)(H,27,30,31). The third kappa shape index (κ3) is 3.91. The van der Waals surface area contributed by atoms with Crippen LogP contribution >= 0.6 is 0 Å². The fourth-order valence-corrected chi connectivity index (χ4v) is 4.38. The van der Waals surface area contributed by atoms with Gasteiger partial charge in [-0.3, -0.25) is 29.4 Å². The third-order valence-corrected chi connectivity index (χ3v) is 6.06. The lowest BCUT2D eigenvalue weighted by atomic mass is 10.0. The molecule has 4 heterocycles. The Kier molecular flexibility index (Phi) is 5.47. The van der Waals surface area contributed by atoms with E-state index in [0.717, 1.165) is 31.1 Å². The molecule has 3 aliphatic heterocycles.